The van der Waals surface area contributed by atoms with Crippen LogP contribution in [0.3, 0.4) is 0 Å². The normalized spacial score (nSPS) is 10.0. The molecule has 0 heterocycles. The molecule has 0 saturated heterocycles. The summed E-state index contributed by atoms with van der Waals surface area (Å²) in [5, 5.41) is 13.1. The molecular weight excluding hydrogens is 300 g/mol. The molecule has 0 aromatic heterocycles. The van der Waals surface area contributed by atoms with E-state index in [1.807, 2.05) is 0 Å². The molecule has 1 N–H and O–H groups in total. The van der Waals surface area contributed by atoms with Gasteiger partial charge in [0.1, 0.15) is 11.5 Å². The van der Waals surface area contributed by atoms with Gasteiger partial charge in [-0.1, -0.05) is 0 Å². The summed E-state index contributed by atoms with van der Waals surface area (Å²) in [7, 11) is 3.08. The fraction of sp³-hybridized carbons (Fsp3) is 0.188. The molecule has 0 spiro atoms. The molecule has 0 bridgehead atoms. The lowest BCUT2D eigenvalue weighted by Crippen LogP contribution is -2.15. The van der Waals surface area contributed by atoms with Crippen molar-refractivity contribution in [1.29, 1.82) is 0 Å². The molecule has 0 fully saturated rings. The van der Waals surface area contributed by atoms with Crippen molar-refractivity contribution in [3.05, 3.63) is 58.5 Å². The predicted molar refractivity (Wildman–Crippen MR) is 84.9 cm³/mol. The van der Waals surface area contributed by atoms with Crippen molar-refractivity contribution in [2.45, 2.75) is 6.54 Å². The van der Waals surface area contributed by atoms with Gasteiger partial charge in [0, 0.05) is 11.6 Å². The Hall–Kier alpha value is -3.09. The van der Waals surface area contributed by atoms with Crippen LogP contribution < -0.4 is 14.5 Å². The van der Waals surface area contributed by atoms with Crippen molar-refractivity contribution in [3.63, 3.8) is 0 Å². The highest BCUT2D eigenvalue weighted by Gasteiger charge is 2.13. The second-order valence-corrected chi connectivity index (χ2v) is 4.67. The highest BCUT2D eigenvalue weighted by molar-refractivity contribution is 5.88. The number of benzene rings is 2. The van der Waals surface area contributed by atoms with Gasteiger partial charge in [-0.2, -0.15) is 0 Å². The molecule has 2 aromatic rings. The quantitative estimate of drug-likeness (QED) is 0.624. The smallest absolute Gasteiger partial charge is 0.335 e. The number of hydrogen-bond acceptors (Lipinski definition) is 5. The van der Waals surface area contributed by atoms with Crippen LogP contribution in [0.1, 0.15) is 15.9 Å². The van der Waals surface area contributed by atoms with Gasteiger partial charge in [-0.25, -0.2) is 9.80 Å². The number of ether oxygens (including phenoxy) is 2. The lowest BCUT2D eigenvalue weighted by Gasteiger charge is -2.17. The number of rotatable bonds is 7. The van der Waals surface area contributed by atoms with Gasteiger partial charge >= 0.3 is 5.97 Å². The van der Waals surface area contributed by atoms with E-state index >= 15 is 0 Å². The first-order valence-electron chi connectivity index (χ1n) is 6.74. The van der Waals surface area contributed by atoms with Crippen LogP contribution in [-0.4, -0.2) is 25.3 Å². The van der Waals surface area contributed by atoms with Gasteiger partial charge in [-0.15, -0.1) is 4.91 Å². The van der Waals surface area contributed by atoms with E-state index in [-0.39, 0.29) is 12.1 Å². The van der Waals surface area contributed by atoms with Crippen LogP contribution in [0, 0.1) is 4.91 Å². The monoisotopic (exact) mass is 316 g/mol. The van der Waals surface area contributed by atoms with Gasteiger partial charge in [0.15, 0.2) is 0 Å². The molecule has 0 aliphatic carbocycles. The Bertz CT molecular complexity index is 700. The summed E-state index contributed by atoms with van der Waals surface area (Å²) in [4.78, 5) is 22.0. The van der Waals surface area contributed by atoms with E-state index in [9.17, 15) is 9.70 Å². The Morgan fingerprint density at radius 2 is 1.83 bits per heavy atom. The number of nitroso groups, excluding NO2 is 1. The number of hydrogen-bond donors (Lipinski definition) is 1. The van der Waals surface area contributed by atoms with Gasteiger partial charge < -0.3 is 14.6 Å². The third-order valence-electron chi connectivity index (χ3n) is 3.33. The number of carbonyl (C=O) groups is 1. The van der Waals surface area contributed by atoms with Crippen molar-refractivity contribution in [1.82, 2.24) is 0 Å². The number of aromatic carboxylic acids is 1. The molecule has 7 nitrogen and oxygen atoms in total. The molecule has 7 heteroatoms. The van der Waals surface area contributed by atoms with Crippen LogP contribution >= 0.6 is 0 Å². The molecule has 0 radical (unpaired) electrons. The van der Waals surface area contributed by atoms with Crippen LogP contribution in [0.15, 0.2) is 47.8 Å². The van der Waals surface area contributed by atoms with Crippen LogP contribution in [0.25, 0.3) is 0 Å². The molecule has 0 unspecified atom stereocenters. The van der Waals surface area contributed by atoms with E-state index in [1.54, 1.807) is 25.3 Å². The Balaban J connectivity index is 2.25. The summed E-state index contributed by atoms with van der Waals surface area (Å²) in [6, 6.07) is 11.1. The number of methoxy groups -OCH3 is 2. The number of carboxylic acids is 1. The fourth-order valence-corrected chi connectivity index (χ4v) is 2.09. The minimum absolute atomic E-state index is 0.140. The van der Waals surface area contributed by atoms with Gasteiger partial charge in [0.25, 0.3) is 0 Å². The molecular formula is C16H16N2O5. The maximum absolute atomic E-state index is 11.1. The average Bonchev–Trinajstić information content (AvgIpc) is 2.59. The zero-order chi connectivity index (χ0) is 16.8. The molecule has 0 aliphatic rings. The minimum atomic E-state index is -1.03. The SMILES string of the molecule is COc1ccc(CN(N=O)c2ccc(C(=O)O)cc2)c(OC)c1. The first-order chi connectivity index (χ1) is 11.1. The third-order valence-corrected chi connectivity index (χ3v) is 3.33. The Kier molecular flexibility index (Phi) is 5.14. The summed E-state index contributed by atoms with van der Waals surface area (Å²) in [6.07, 6.45) is 0. The zero-order valence-electron chi connectivity index (χ0n) is 12.7. The number of anilines is 1. The molecule has 2 rings (SSSR count). The highest BCUT2D eigenvalue weighted by atomic mass is 16.5. The van der Waals surface area contributed by atoms with E-state index in [0.717, 1.165) is 5.56 Å². The number of nitrogens with zero attached hydrogens (tertiary/aromatic N) is 2. The predicted octanol–water partition coefficient (Wildman–Crippen LogP) is 3.09. The summed E-state index contributed by atoms with van der Waals surface area (Å²) in [5.74, 6) is 0.182. The van der Waals surface area contributed by atoms with Gasteiger partial charge in [0.2, 0.25) is 0 Å². The number of carboxylic acid groups (broad SMARTS) is 1. The molecule has 23 heavy (non-hydrogen) atoms. The van der Waals surface area contributed by atoms with E-state index < -0.39 is 5.97 Å². The Morgan fingerprint density at radius 1 is 1.13 bits per heavy atom. The van der Waals surface area contributed by atoms with Crippen molar-refractivity contribution >= 4 is 11.7 Å². The molecule has 0 atom stereocenters. The zero-order valence-corrected chi connectivity index (χ0v) is 12.7. The largest absolute Gasteiger partial charge is 0.497 e. The fourth-order valence-electron chi connectivity index (χ4n) is 2.09. The summed E-state index contributed by atoms with van der Waals surface area (Å²) in [5.41, 5.74) is 1.37. The van der Waals surface area contributed by atoms with Crippen molar-refractivity contribution in [2.24, 2.45) is 5.29 Å². The molecule has 0 aliphatic heterocycles. The van der Waals surface area contributed by atoms with Crippen LogP contribution in [-0.2, 0) is 6.54 Å². The van der Waals surface area contributed by atoms with Crippen LogP contribution in [0.2, 0.25) is 0 Å². The summed E-state index contributed by atoms with van der Waals surface area (Å²) in [6.45, 7) is 0.184. The topological polar surface area (TPSA) is 88.4 Å². The Morgan fingerprint density at radius 3 is 2.35 bits per heavy atom. The van der Waals surface area contributed by atoms with E-state index in [4.69, 9.17) is 14.6 Å². The lowest BCUT2D eigenvalue weighted by molar-refractivity contribution is 0.0697. The van der Waals surface area contributed by atoms with Gasteiger partial charge in [-0.05, 0) is 36.4 Å². The van der Waals surface area contributed by atoms with Crippen molar-refractivity contribution < 1.29 is 19.4 Å². The second kappa shape index (κ2) is 7.26. The first kappa shape index (κ1) is 16.3. The minimum Gasteiger partial charge on any atom is -0.497 e. The summed E-state index contributed by atoms with van der Waals surface area (Å²) >= 11 is 0. The third kappa shape index (κ3) is 3.76. The van der Waals surface area contributed by atoms with E-state index in [1.165, 1.54) is 36.4 Å². The Labute approximate surface area is 133 Å². The molecule has 0 saturated carbocycles. The first-order valence-corrected chi connectivity index (χ1v) is 6.74. The maximum Gasteiger partial charge on any atom is 0.335 e. The van der Waals surface area contributed by atoms with E-state index in [0.29, 0.717) is 17.2 Å². The van der Waals surface area contributed by atoms with Crippen molar-refractivity contribution in [2.75, 3.05) is 19.2 Å². The van der Waals surface area contributed by atoms with Gasteiger partial charge in [0.05, 0.1) is 37.3 Å². The van der Waals surface area contributed by atoms with Crippen LogP contribution in [0.5, 0.6) is 11.5 Å². The second-order valence-electron chi connectivity index (χ2n) is 4.67. The van der Waals surface area contributed by atoms with Gasteiger partial charge in [-0.3, -0.25) is 0 Å². The molecule has 0 amide bonds. The highest BCUT2D eigenvalue weighted by Crippen LogP contribution is 2.27. The molecule has 120 valence electrons. The van der Waals surface area contributed by atoms with E-state index in [2.05, 4.69) is 5.29 Å². The van der Waals surface area contributed by atoms with Crippen molar-refractivity contribution in [3.8, 4) is 11.5 Å². The average molecular weight is 316 g/mol. The lowest BCUT2D eigenvalue weighted by atomic mass is 10.1. The molecule has 2 aromatic carbocycles. The summed E-state index contributed by atoms with van der Waals surface area (Å²) < 4.78 is 10.4. The maximum atomic E-state index is 11.1. The standard InChI is InChI=1S/C16H16N2O5/c1-22-14-8-5-12(15(9-14)23-2)10-18(17-21)13-6-3-11(4-7-13)16(19)20/h3-9H,10H2,1-2H3,(H,19,20). The van der Waals surface area contributed by atoms with Crippen LogP contribution in [0.4, 0.5) is 5.69 Å².